The number of ether oxygens (including phenoxy) is 2. The van der Waals surface area contributed by atoms with Gasteiger partial charge in [-0.1, -0.05) is 0 Å². The maximum atomic E-state index is 11.7. The van der Waals surface area contributed by atoms with Crippen LogP contribution in [-0.4, -0.2) is 43.4 Å². The molecule has 1 aromatic rings. The van der Waals surface area contributed by atoms with Crippen LogP contribution in [0.4, 0.5) is 5.69 Å². The Morgan fingerprint density at radius 2 is 2.26 bits per heavy atom. The molecular formula is C13H18N2O4. The first-order valence-electron chi connectivity index (χ1n) is 6.04. The number of nitrogens with one attached hydrogen (secondary N) is 2. The number of benzene rings is 1. The van der Waals surface area contributed by atoms with Gasteiger partial charge in [0.15, 0.2) is 0 Å². The minimum absolute atomic E-state index is 0.00864. The predicted octanol–water partition coefficient (Wildman–Crippen LogP) is 0.718. The van der Waals surface area contributed by atoms with E-state index in [-0.39, 0.29) is 23.9 Å². The number of phenols is 1. The van der Waals surface area contributed by atoms with Gasteiger partial charge in [-0.3, -0.25) is 4.79 Å². The average Bonchev–Trinajstić information content (AvgIpc) is 2.37. The van der Waals surface area contributed by atoms with Crippen molar-refractivity contribution >= 4 is 11.6 Å². The number of aromatic hydroxyl groups is 1. The van der Waals surface area contributed by atoms with Crippen LogP contribution in [0.5, 0.6) is 11.5 Å². The molecule has 6 heteroatoms. The molecule has 0 aromatic heterocycles. The highest BCUT2D eigenvalue weighted by Crippen LogP contribution is 2.27. The molecule has 6 nitrogen and oxygen atoms in total. The molecule has 2 rings (SSSR count). The maximum Gasteiger partial charge on any atom is 0.250 e. The van der Waals surface area contributed by atoms with Gasteiger partial charge in [0, 0.05) is 19.2 Å². The summed E-state index contributed by atoms with van der Waals surface area (Å²) in [6, 6.07) is 4.63. The first kappa shape index (κ1) is 13.6. The van der Waals surface area contributed by atoms with Crippen molar-refractivity contribution in [3.63, 3.8) is 0 Å². The fourth-order valence-corrected chi connectivity index (χ4v) is 1.75. The van der Waals surface area contributed by atoms with Crippen LogP contribution < -0.4 is 15.4 Å². The second-order valence-electron chi connectivity index (χ2n) is 4.77. The highest BCUT2D eigenvalue weighted by molar-refractivity contribution is 5.93. The van der Waals surface area contributed by atoms with Gasteiger partial charge in [-0.05, 0) is 19.1 Å². The highest BCUT2D eigenvalue weighted by atomic mass is 16.5. The average molecular weight is 266 g/mol. The lowest BCUT2D eigenvalue weighted by atomic mass is 10.0. The lowest BCUT2D eigenvalue weighted by molar-refractivity contribution is -0.130. The molecule has 0 saturated carbocycles. The van der Waals surface area contributed by atoms with Crippen molar-refractivity contribution < 1.29 is 19.4 Å². The monoisotopic (exact) mass is 266 g/mol. The van der Waals surface area contributed by atoms with Crippen molar-refractivity contribution in [2.45, 2.75) is 12.5 Å². The highest BCUT2D eigenvalue weighted by Gasteiger charge is 2.33. The van der Waals surface area contributed by atoms with E-state index in [0.717, 1.165) is 13.1 Å². The molecule has 0 atom stereocenters. The van der Waals surface area contributed by atoms with Crippen LogP contribution in [0, 0.1) is 0 Å². The largest absolute Gasteiger partial charge is 0.506 e. The van der Waals surface area contributed by atoms with E-state index in [2.05, 4.69) is 10.6 Å². The summed E-state index contributed by atoms with van der Waals surface area (Å²) in [6.45, 7) is 3.38. The van der Waals surface area contributed by atoms with Crippen molar-refractivity contribution in [3.8, 4) is 11.5 Å². The summed E-state index contributed by atoms with van der Waals surface area (Å²) in [7, 11) is 1.52. The standard InChI is InChI=1S/C13H18N2O4/c1-13(7-14-8-13)19-6-12(17)15-10-5-9(18-2)3-4-11(10)16/h3-5,14,16H,6-8H2,1-2H3,(H,15,17). The van der Waals surface area contributed by atoms with E-state index in [1.54, 1.807) is 12.1 Å². The van der Waals surface area contributed by atoms with Crippen LogP contribution in [0.2, 0.25) is 0 Å². The number of carbonyl (C=O) groups excluding carboxylic acids is 1. The van der Waals surface area contributed by atoms with Crippen molar-refractivity contribution in [2.24, 2.45) is 0 Å². The van der Waals surface area contributed by atoms with Gasteiger partial charge in [0.2, 0.25) is 0 Å². The fraction of sp³-hybridized carbons (Fsp3) is 0.462. The molecule has 0 aliphatic carbocycles. The molecule has 0 spiro atoms. The maximum absolute atomic E-state index is 11.7. The van der Waals surface area contributed by atoms with Crippen molar-refractivity contribution in [2.75, 3.05) is 32.1 Å². The Bertz CT molecular complexity index is 472. The lowest BCUT2D eigenvalue weighted by Crippen LogP contribution is -2.59. The Morgan fingerprint density at radius 1 is 1.53 bits per heavy atom. The SMILES string of the molecule is COc1ccc(O)c(NC(=O)COC2(C)CNC2)c1. The molecule has 1 saturated heterocycles. The Balaban J connectivity index is 1.91. The zero-order valence-electron chi connectivity index (χ0n) is 11.0. The summed E-state index contributed by atoms with van der Waals surface area (Å²) >= 11 is 0. The Hall–Kier alpha value is -1.79. The minimum atomic E-state index is -0.309. The normalized spacial score (nSPS) is 16.5. The van der Waals surface area contributed by atoms with E-state index in [4.69, 9.17) is 9.47 Å². The summed E-state index contributed by atoms with van der Waals surface area (Å²) < 4.78 is 10.5. The molecule has 19 heavy (non-hydrogen) atoms. The van der Waals surface area contributed by atoms with E-state index < -0.39 is 0 Å². The second kappa shape index (κ2) is 5.46. The molecular weight excluding hydrogens is 248 g/mol. The topological polar surface area (TPSA) is 79.8 Å². The van der Waals surface area contributed by atoms with Gasteiger partial charge < -0.3 is 25.2 Å². The number of anilines is 1. The molecule has 1 amide bonds. The minimum Gasteiger partial charge on any atom is -0.506 e. The summed E-state index contributed by atoms with van der Waals surface area (Å²) in [5, 5.41) is 15.3. The molecule has 1 aliphatic heterocycles. The van der Waals surface area contributed by atoms with Crippen LogP contribution in [0.15, 0.2) is 18.2 Å². The molecule has 1 aromatic carbocycles. The molecule has 1 aliphatic rings. The molecule has 1 heterocycles. The predicted molar refractivity (Wildman–Crippen MR) is 70.5 cm³/mol. The van der Waals surface area contributed by atoms with E-state index in [1.807, 2.05) is 6.92 Å². The number of carbonyl (C=O) groups is 1. The van der Waals surface area contributed by atoms with Gasteiger partial charge in [-0.15, -0.1) is 0 Å². The zero-order valence-corrected chi connectivity index (χ0v) is 11.0. The van der Waals surface area contributed by atoms with Gasteiger partial charge in [0.05, 0.1) is 18.4 Å². The Morgan fingerprint density at radius 3 is 2.84 bits per heavy atom. The van der Waals surface area contributed by atoms with Gasteiger partial charge in [0.25, 0.3) is 5.91 Å². The van der Waals surface area contributed by atoms with Crippen LogP contribution in [0.25, 0.3) is 0 Å². The summed E-state index contributed by atoms with van der Waals surface area (Å²) in [5.74, 6) is 0.242. The summed E-state index contributed by atoms with van der Waals surface area (Å²) in [5.41, 5.74) is 0.0400. The van der Waals surface area contributed by atoms with E-state index in [1.165, 1.54) is 13.2 Å². The van der Waals surface area contributed by atoms with Gasteiger partial charge in [-0.2, -0.15) is 0 Å². The summed E-state index contributed by atoms with van der Waals surface area (Å²) in [4.78, 5) is 11.7. The van der Waals surface area contributed by atoms with Gasteiger partial charge in [-0.25, -0.2) is 0 Å². The number of amides is 1. The lowest BCUT2D eigenvalue weighted by Gasteiger charge is -2.38. The van der Waals surface area contributed by atoms with Crippen molar-refractivity contribution in [1.82, 2.24) is 5.32 Å². The van der Waals surface area contributed by atoms with Crippen LogP contribution >= 0.6 is 0 Å². The fourth-order valence-electron chi connectivity index (χ4n) is 1.75. The molecule has 0 bridgehead atoms. The quantitative estimate of drug-likeness (QED) is 0.684. The third kappa shape index (κ3) is 3.36. The third-order valence-electron chi connectivity index (χ3n) is 3.03. The molecule has 104 valence electrons. The second-order valence-corrected chi connectivity index (χ2v) is 4.77. The van der Waals surface area contributed by atoms with Gasteiger partial charge >= 0.3 is 0 Å². The number of methoxy groups -OCH3 is 1. The number of rotatable bonds is 5. The van der Waals surface area contributed by atoms with E-state index in [9.17, 15) is 9.90 Å². The Kier molecular flexibility index (Phi) is 3.92. The van der Waals surface area contributed by atoms with E-state index >= 15 is 0 Å². The van der Waals surface area contributed by atoms with Crippen molar-refractivity contribution in [1.29, 1.82) is 0 Å². The number of hydrogen-bond acceptors (Lipinski definition) is 5. The molecule has 3 N–H and O–H groups in total. The Labute approximate surface area is 111 Å². The molecule has 0 unspecified atom stereocenters. The van der Waals surface area contributed by atoms with Crippen LogP contribution in [0.1, 0.15) is 6.92 Å². The smallest absolute Gasteiger partial charge is 0.250 e. The van der Waals surface area contributed by atoms with Gasteiger partial charge in [0.1, 0.15) is 18.1 Å². The molecule has 0 radical (unpaired) electrons. The van der Waals surface area contributed by atoms with Crippen LogP contribution in [-0.2, 0) is 9.53 Å². The third-order valence-corrected chi connectivity index (χ3v) is 3.03. The van der Waals surface area contributed by atoms with Crippen molar-refractivity contribution in [3.05, 3.63) is 18.2 Å². The van der Waals surface area contributed by atoms with Crippen LogP contribution in [0.3, 0.4) is 0 Å². The first-order valence-corrected chi connectivity index (χ1v) is 6.04. The summed E-state index contributed by atoms with van der Waals surface area (Å²) in [6.07, 6.45) is 0. The number of phenolic OH excluding ortho intramolecular Hbond substituents is 1. The first-order chi connectivity index (χ1) is 9.02. The zero-order chi connectivity index (χ0) is 13.9. The van der Waals surface area contributed by atoms with E-state index in [0.29, 0.717) is 11.4 Å². The number of hydrogen-bond donors (Lipinski definition) is 3. The molecule has 1 fully saturated rings.